The zero-order valence-corrected chi connectivity index (χ0v) is 52.4. The number of carboxylic acids is 2. The minimum Gasteiger partial charge on any atom is -0.481 e. The van der Waals surface area contributed by atoms with Crippen LogP contribution in [0, 0.1) is 29.6 Å². The van der Waals surface area contributed by atoms with Crippen LogP contribution < -0.4 is 0 Å². The maximum Gasteiger partial charge on any atom is 0.306 e. The van der Waals surface area contributed by atoms with Crippen molar-refractivity contribution >= 4 is 17.9 Å². The number of ether oxygens (including phenoxy) is 11. The maximum atomic E-state index is 12.5. The zero-order valence-electron chi connectivity index (χ0n) is 52.4. The molecule has 0 aromatic carbocycles. The monoisotopic (exact) mass is 1200 g/mol. The molecule has 10 aliphatic rings. The molecule has 85 heavy (non-hydrogen) atoms. The number of fused-ring (bicyclic) bond motifs is 8. The van der Waals surface area contributed by atoms with E-state index in [4.69, 9.17) is 57.2 Å². The Morgan fingerprint density at radius 3 is 2.20 bits per heavy atom. The Bertz CT molecular complexity index is 2470. The first-order chi connectivity index (χ1) is 39.9. The van der Waals surface area contributed by atoms with Gasteiger partial charge < -0.3 is 77.6 Å². The standard InChI is InChI=1S/C66H102O19/c1-34(20-36(3)32-75-57(72)23-35(2)22-55(68)69)21-46-38(5)25-52-63(9,84-46)31-49-60(81-52)61(73)66(12)54(79-49)30-48-59(85-66)37(4)14-13-15-44-43(77-48)16-17-50-64(10,82-44)33-65(11)53(80-50)29-47-45(83-65)18-19-62(8,74)51(78-47)28-41(67)27-42-24-39(6)58(76-42)40(7)26-56(70)71/h13-14,20,35-37,39-54,58-61,67,73-74H,5,15-19,21-33H2,1-4,6-12H3,(H,68,69)(H,70,71)/b14-13-,34-20+/t35?,36?,37-,39?,40?,41?,42?,43-,44+,45-,46+,47+,48+,49+,50+,51-,52+,53-,54-,58?,59-,60+,61-,62-,63-,64-,65+,66-/m0/s1. The van der Waals surface area contributed by atoms with Crippen LogP contribution in [0.4, 0.5) is 0 Å². The second-order valence-corrected chi connectivity index (χ2v) is 29.4. The van der Waals surface area contributed by atoms with E-state index in [0.29, 0.717) is 77.0 Å². The lowest BCUT2D eigenvalue weighted by molar-refractivity contribution is -0.369. The van der Waals surface area contributed by atoms with Crippen molar-refractivity contribution in [3.05, 3.63) is 36.0 Å². The second-order valence-electron chi connectivity index (χ2n) is 29.4. The first-order valence-electron chi connectivity index (χ1n) is 32.3. The van der Waals surface area contributed by atoms with Gasteiger partial charge in [-0.3, -0.25) is 14.4 Å². The number of esters is 1. The van der Waals surface area contributed by atoms with Crippen LogP contribution in [0.25, 0.3) is 0 Å². The topological polar surface area (TPSA) is 254 Å². The van der Waals surface area contributed by atoms with Crippen molar-refractivity contribution in [2.75, 3.05) is 6.61 Å². The van der Waals surface area contributed by atoms with Crippen LogP contribution in [0.1, 0.15) is 185 Å². The minimum absolute atomic E-state index is 0.0312. The van der Waals surface area contributed by atoms with Crippen molar-refractivity contribution in [1.29, 1.82) is 0 Å². The van der Waals surface area contributed by atoms with Crippen molar-refractivity contribution in [1.82, 2.24) is 0 Å². The molecule has 0 aliphatic carbocycles. The summed E-state index contributed by atoms with van der Waals surface area (Å²) in [5.74, 6) is -2.60. The third-order valence-electron chi connectivity index (χ3n) is 21.5. The fourth-order valence-corrected chi connectivity index (χ4v) is 16.9. The van der Waals surface area contributed by atoms with E-state index in [9.17, 15) is 34.8 Å². The van der Waals surface area contributed by atoms with Gasteiger partial charge in [0.1, 0.15) is 17.8 Å². The van der Waals surface area contributed by atoms with Gasteiger partial charge >= 0.3 is 17.9 Å². The smallest absolute Gasteiger partial charge is 0.306 e. The van der Waals surface area contributed by atoms with Gasteiger partial charge in [0, 0.05) is 56.8 Å². The Balaban J connectivity index is 0.765. The third kappa shape index (κ3) is 14.0. The summed E-state index contributed by atoms with van der Waals surface area (Å²) in [5, 5.41) is 54.4. The summed E-state index contributed by atoms with van der Waals surface area (Å²) in [7, 11) is 0. The molecule has 0 radical (unpaired) electrons. The average molecular weight is 1200 g/mol. The molecule has 0 bridgehead atoms. The quantitative estimate of drug-likeness (QED) is 0.0720. The van der Waals surface area contributed by atoms with Gasteiger partial charge in [-0.05, 0) is 123 Å². The Hall–Kier alpha value is -2.89. The molecule has 19 nitrogen and oxygen atoms in total. The molecule has 0 aromatic heterocycles. The molecule has 0 spiro atoms. The molecule has 480 valence electrons. The van der Waals surface area contributed by atoms with E-state index < -0.39 is 88.6 Å². The summed E-state index contributed by atoms with van der Waals surface area (Å²) in [6.45, 7) is 26.6. The number of hydrogen-bond donors (Lipinski definition) is 5. The molecule has 0 amide bonds. The molecule has 28 atom stereocenters. The number of aliphatic hydroxyl groups excluding tert-OH is 2. The van der Waals surface area contributed by atoms with E-state index in [2.05, 4.69) is 59.4 Å². The predicted molar refractivity (Wildman–Crippen MR) is 310 cm³/mol. The fraction of sp³-hybridized carbons (Fsp3) is 0.864. The van der Waals surface area contributed by atoms with E-state index in [0.717, 1.165) is 17.6 Å². The highest BCUT2D eigenvalue weighted by Crippen LogP contribution is 2.54. The third-order valence-corrected chi connectivity index (χ3v) is 21.5. The lowest BCUT2D eigenvalue weighted by Crippen LogP contribution is -2.74. The van der Waals surface area contributed by atoms with E-state index in [1.807, 2.05) is 27.7 Å². The average Bonchev–Trinajstić information content (AvgIpc) is 1.94. The van der Waals surface area contributed by atoms with Crippen LogP contribution in [0.5, 0.6) is 0 Å². The number of rotatable bonds is 16. The molecule has 19 heteroatoms. The first-order valence-corrected chi connectivity index (χ1v) is 32.3. The SMILES string of the molecule is C=C1C[C@H]2O[C@@H]3[C@@H](C[C@]2(C)O[C@@H]1C/C(C)=C/C(C)COC(=O)CC(C)CC(=O)O)O[C@H]1C[C@H]2O[C@H]4CC[C@H]5O[C@H]6C[C@H]7O[C@@H](CC(O)CC8CC(C)C(C(C)CC(=O)O)O8)[C@@](C)(O)CC[C@@H]7O[C@]6(C)C[C@]5(C)O[C@@H]4C/C=C\[C@H](C)[C@@H]2O[C@]1(C)[C@H]3O. The van der Waals surface area contributed by atoms with Crippen LogP contribution >= 0.6 is 0 Å². The highest BCUT2D eigenvalue weighted by Gasteiger charge is 2.65. The molecule has 10 rings (SSSR count). The molecule has 5 N–H and O–H groups in total. The van der Waals surface area contributed by atoms with Gasteiger partial charge in [0.2, 0.25) is 0 Å². The lowest BCUT2D eigenvalue weighted by Gasteiger charge is -2.61. The van der Waals surface area contributed by atoms with Crippen LogP contribution in [-0.4, -0.2) is 188 Å². The maximum absolute atomic E-state index is 12.5. The Labute approximate surface area is 503 Å². The highest BCUT2D eigenvalue weighted by molar-refractivity contribution is 5.72. The highest BCUT2D eigenvalue weighted by atomic mass is 16.7. The van der Waals surface area contributed by atoms with E-state index in [1.54, 1.807) is 13.8 Å². The number of carboxylic acid groups (broad SMARTS) is 2. The Morgan fingerprint density at radius 1 is 0.741 bits per heavy atom. The predicted octanol–water partition coefficient (Wildman–Crippen LogP) is 8.28. The normalized spacial score (nSPS) is 48.0. The van der Waals surface area contributed by atoms with Crippen LogP contribution in [0.15, 0.2) is 36.0 Å². The summed E-state index contributed by atoms with van der Waals surface area (Å²) in [4.78, 5) is 34.9. The zero-order chi connectivity index (χ0) is 61.3. The summed E-state index contributed by atoms with van der Waals surface area (Å²) in [5.41, 5.74) is -2.50. The molecule has 10 aliphatic heterocycles. The van der Waals surface area contributed by atoms with Gasteiger partial charge in [0.25, 0.3) is 0 Å². The molecule has 9 saturated heterocycles. The van der Waals surface area contributed by atoms with Crippen LogP contribution in [-0.2, 0) is 66.5 Å². The second kappa shape index (κ2) is 25.4. The fourth-order valence-electron chi connectivity index (χ4n) is 16.9. The Kier molecular flexibility index (Phi) is 19.5. The summed E-state index contributed by atoms with van der Waals surface area (Å²) in [6.07, 6.45) is 6.26. The summed E-state index contributed by atoms with van der Waals surface area (Å²) >= 11 is 0. The summed E-state index contributed by atoms with van der Waals surface area (Å²) < 4.78 is 75.7. The van der Waals surface area contributed by atoms with Gasteiger partial charge in [-0.1, -0.05) is 65.0 Å². The minimum atomic E-state index is -1.21. The number of aliphatic carboxylic acids is 2. The largest absolute Gasteiger partial charge is 0.481 e. The Morgan fingerprint density at radius 2 is 1.46 bits per heavy atom. The first kappa shape index (κ1) is 65.1. The molecular weight excluding hydrogens is 1100 g/mol. The van der Waals surface area contributed by atoms with Gasteiger partial charge in [-0.15, -0.1) is 0 Å². The van der Waals surface area contributed by atoms with Crippen molar-refractivity contribution in [2.24, 2.45) is 29.6 Å². The van der Waals surface area contributed by atoms with Crippen molar-refractivity contribution in [3.8, 4) is 0 Å². The van der Waals surface area contributed by atoms with Crippen molar-refractivity contribution in [3.63, 3.8) is 0 Å². The van der Waals surface area contributed by atoms with Crippen molar-refractivity contribution < 1.29 is 92.0 Å². The molecule has 9 fully saturated rings. The lowest BCUT2D eigenvalue weighted by atomic mass is 9.72. The number of carbonyl (C=O) groups excluding carboxylic acids is 1. The number of carbonyl (C=O) groups is 3. The molecule has 10 heterocycles. The van der Waals surface area contributed by atoms with Crippen molar-refractivity contribution in [2.45, 2.75) is 323 Å². The van der Waals surface area contributed by atoms with Gasteiger partial charge in [-0.2, -0.15) is 0 Å². The van der Waals surface area contributed by atoms with Crippen LogP contribution in [0.3, 0.4) is 0 Å². The van der Waals surface area contributed by atoms with Gasteiger partial charge in [0.05, 0.1) is 133 Å². The molecule has 0 saturated carbocycles. The van der Waals surface area contributed by atoms with Gasteiger partial charge in [-0.25, -0.2) is 0 Å². The number of aliphatic hydroxyl groups is 3. The van der Waals surface area contributed by atoms with Gasteiger partial charge in [0.15, 0.2) is 0 Å². The number of hydrogen-bond acceptors (Lipinski definition) is 17. The van der Waals surface area contributed by atoms with E-state index >= 15 is 0 Å². The summed E-state index contributed by atoms with van der Waals surface area (Å²) in [6, 6.07) is 0. The molecule has 0 aromatic rings. The van der Waals surface area contributed by atoms with E-state index in [1.165, 1.54) is 0 Å². The molecular formula is C66H102O19. The van der Waals surface area contributed by atoms with E-state index in [-0.39, 0.29) is 129 Å². The van der Waals surface area contributed by atoms with Crippen LogP contribution in [0.2, 0.25) is 0 Å². The molecule has 7 unspecified atom stereocenters.